The zero-order valence-electron chi connectivity index (χ0n) is 11.0. The number of nitrogens with one attached hydrogen (secondary N) is 2. The highest BCUT2D eigenvalue weighted by Gasteiger charge is 2.18. The quantitative estimate of drug-likeness (QED) is 0.776. The number of hydrogen-bond donors (Lipinski definition) is 3. The maximum atomic E-state index is 5.53. The van der Waals surface area contributed by atoms with Crippen LogP contribution in [0.5, 0.6) is 5.75 Å². The van der Waals surface area contributed by atoms with Crippen LogP contribution in [0.2, 0.25) is 0 Å². The summed E-state index contributed by atoms with van der Waals surface area (Å²) < 4.78 is 5.53. The number of ether oxygens (including phenoxy) is 1. The van der Waals surface area contributed by atoms with Crippen molar-refractivity contribution >= 4 is 11.0 Å². The molecule has 19 heavy (non-hydrogen) atoms. The largest absolute Gasteiger partial charge is 0.492 e. The number of imidazole rings is 1. The first-order chi connectivity index (χ1) is 9.36. The first kappa shape index (κ1) is 12.4. The molecule has 0 bridgehead atoms. The molecule has 0 amide bonds. The van der Waals surface area contributed by atoms with E-state index < -0.39 is 0 Å². The van der Waals surface area contributed by atoms with Crippen molar-refractivity contribution in [2.24, 2.45) is 5.73 Å². The van der Waals surface area contributed by atoms with E-state index in [1.165, 1.54) is 12.8 Å². The fraction of sp³-hybridized carbons (Fsp3) is 0.500. The van der Waals surface area contributed by atoms with Gasteiger partial charge < -0.3 is 20.8 Å². The van der Waals surface area contributed by atoms with Crippen molar-refractivity contribution < 1.29 is 4.74 Å². The minimum atomic E-state index is 0.495. The lowest BCUT2D eigenvalue weighted by Crippen LogP contribution is -2.28. The summed E-state index contributed by atoms with van der Waals surface area (Å²) in [5.74, 6) is 2.42. The van der Waals surface area contributed by atoms with Gasteiger partial charge in [0.2, 0.25) is 0 Å². The number of H-pyrrole nitrogens is 1. The number of nitrogens with two attached hydrogens (primary N) is 1. The average Bonchev–Trinajstić information content (AvgIpc) is 2.89. The Balaban J connectivity index is 1.83. The molecule has 0 radical (unpaired) electrons. The van der Waals surface area contributed by atoms with Gasteiger partial charge in [0.15, 0.2) is 0 Å². The molecule has 3 rings (SSSR count). The van der Waals surface area contributed by atoms with Gasteiger partial charge in [-0.1, -0.05) is 0 Å². The molecule has 1 saturated heterocycles. The van der Waals surface area contributed by atoms with E-state index in [-0.39, 0.29) is 0 Å². The molecule has 102 valence electrons. The maximum absolute atomic E-state index is 5.53. The van der Waals surface area contributed by atoms with Crippen LogP contribution >= 0.6 is 0 Å². The van der Waals surface area contributed by atoms with Crippen LogP contribution in [0.1, 0.15) is 24.6 Å². The normalized spacial score (nSPS) is 19.7. The number of aromatic amines is 1. The second-order valence-electron chi connectivity index (χ2n) is 4.98. The van der Waals surface area contributed by atoms with Crippen molar-refractivity contribution in [3.63, 3.8) is 0 Å². The van der Waals surface area contributed by atoms with Gasteiger partial charge in [0, 0.05) is 25.1 Å². The molecule has 0 saturated carbocycles. The zero-order valence-corrected chi connectivity index (χ0v) is 11.0. The first-order valence-corrected chi connectivity index (χ1v) is 6.90. The minimum Gasteiger partial charge on any atom is -0.492 e. The highest BCUT2D eigenvalue weighted by Crippen LogP contribution is 2.25. The molecule has 0 spiro atoms. The highest BCUT2D eigenvalue weighted by atomic mass is 16.5. The van der Waals surface area contributed by atoms with Crippen LogP contribution in [0.4, 0.5) is 0 Å². The summed E-state index contributed by atoms with van der Waals surface area (Å²) in [6.07, 6.45) is 2.41. The lowest BCUT2D eigenvalue weighted by molar-refractivity contribution is 0.328. The van der Waals surface area contributed by atoms with Crippen molar-refractivity contribution in [1.82, 2.24) is 15.3 Å². The fourth-order valence-electron chi connectivity index (χ4n) is 2.55. The van der Waals surface area contributed by atoms with Gasteiger partial charge in [-0.05, 0) is 31.5 Å². The van der Waals surface area contributed by atoms with E-state index in [1.807, 2.05) is 18.2 Å². The number of hydrogen-bond acceptors (Lipinski definition) is 4. The number of benzene rings is 1. The molecule has 1 fully saturated rings. The standard InChI is InChI=1S/C14H20N4O/c15-5-7-19-11-3-4-12-13(8-11)18-14(17-12)10-2-1-6-16-9-10/h3-4,8,10,16H,1-2,5-7,9,15H2,(H,17,18). The van der Waals surface area contributed by atoms with Crippen LogP contribution < -0.4 is 15.8 Å². The van der Waals surface area contributed by atoms with E-state index in [0.29, 0.717) is 19.1 Å². The van der Waals surface area contributed by atoms with Crippen molar-refractivity contribution in [3.05, 3.63) is 24.0 Å². The van der Waals surface area contributed by atoms with Crippen LogP contribution in [-0.4, -0.2) is 36.2 Å². The van der Waals surface area contributed by atoms with Gasteiger partial charge in [-0.15, -0.1) is 0 Å². The Morgan fingerprint density at radius 2 is 2.37 bits per heavy atom. The molecule has 5 nitrogen and oxygen atoms in total. The van der Waals surface area contributed by atoms with Crippen LogP contribution in [0.25, 0.3) is 11.0 Å². The van der Waals surface area contributed by atoms with Gasteiger partial charge in [-0.3, -0.25) is 0 Å². The first-order valence-electron chi connectivity index (χ1n) is 6.90. The maximum Gasteiger partial charge on any atom is 0.121 e. The minimum absolute atomic E-state index is 0.495. The van der Waals surface area contributed by atoms with Gasteiger partial charge in [0.1, 0.15) is 18.2 Å². The predicted molar refractivity (Wildman–Crippen MR) is 75.5 cm³/mol. The predicted octanol–water partition coefficient (Wildman–Crippen LogP) is 1.37. The van der Waals surface area contributed by atoms with E-state index in [9.17, 15) is 0 Å². The fourth-order valence-corrected chi connectivity index (χ4v) is 2.55. The molecule has 4 N–H and O–H groups in total. The lowest BCUT2D eigenvalue weighted by atomic mass is 9.99. The number of piperidine rings is 1. The van der Waals surface area contributed by atoms with Crippen molar-refractivity contribution in [2.45, 2.75) is 18.8 Å². The Labute approximate surface area is 112 Å². The van der Waals surface area contributed by atoms with Gasteiger partial charge in [0.25, 0.3) is 0 Å². The van der Waals surface area contributed by atoms with Crippen molar-refractivity contribution in [3.8, 4) is 5.75 Å². The summed E-state index contributed by atoms with van der Waals surface area (Å²) >= 11 is 0. The van der Waals surface area contributed by atoms with Gasteiger partial charge in [-0.25, -0.2) is 4.98 Å². The van der Waals surface area contributed by atoms with Gasteiger partial charge >= 0.3 is 0 Å². The monoisotopic (exact) mass is 260 g/mol. The Bertz CT molecular complexity index is 545. The second-order valence-corrected chi connectivity index (χ2v) is 4.98. The SMILES string of the molecule is NCCOc1ccc2nc(C3CCCNC3)[nH]c2c1. The van der Waals surface area contributed by atoms with Crippen LogP contribution in [-0.2, 0) is 0 Å². The average molecular weight is 260 g/mol. The number of rotatable bonds is 4. The Morgan fingerprint density at radius 1 is 1.42 bits per heavy atom. The molecule has 5 heteroatoms. The van der Waals surface area contributed by atoms with Gasteiger partial charge in [0.05, 0.1) is 11.0 Å². The smallest absolute Gasteiger partial charge is 0.121 e. The summed E-state index contributed by atoms with van der Waals surface area (Å²) in [7, 11) is 0. The second kappa shape index (κ2) is 5.59. The van der Waals surface area contributed by atoms with E-state index in [2.05, 4.69) is 15.3 Å². The molecule has 1 aliphatic rings. The summed E-state index contributed by atoms with van der Waals surface area (Å²) in [5.41, 5.74) is 7.48. The van der Waals surface area contributed by atoms with Crippen molar-refractivity contribution in [2.75, 3.05) is 26.2 Å². The third-order valence-corrected chi connectivity index (χ3v) is 3.54. The lowest BCUT2D eigenvalue weighted by Gasteiger charge is -2.20. The molecular weight excluding hydrogens is 240 g/mol. The van der Waals surface area contributed by atoms with E-state index >= 15 is 0 Å². The highest BCUT2D eigenvalue weighted by molar-refractivity contribution is 5.76. The number of aromatic nitrogens is 2. The molecule has 1 aliphatic heterocycles. The van der Waals surface area contributed by atoms with E-state index in [0.717, 1.165) is 35.7 Å². The third kappa shape index (κ3) is 2.72. The molecule has 1 unspecified atom stereocenters. The molecule has 1 aromatic carbocycles. The number of fused-ring (bicyclic) bond motifs is 1. The molecule has 0 aliphatic carbocycles. The summed E-state index contributed by atoms with van der Waals surface area (Å²) in [6, 6.07) is 5.94. The Hall–Kier alpha value is -1.59. The van der Waals surface area contributed by atoms with E-state index in [1.54, 1.807) is 0 Å². The van der Waals surface area contributed by atoms with Crippen molar-refractivity contribution in [1.29, 1.82) is 0 Å². The summed E-state index contributed by atoms with van der Waals surface area (Å²) in [6.45, 7) is 3.20. The van der Waals surface area contributed by atoms with Crippen LogP contribution in [0.3, 0.4) is 0 Å². The summed E-state index contributed by atoms with van der Waals surface area (Å²) in [4.78, 5) is 8.10. The Kier molecular flexibility index (Phi) is 3.66. The summed E-state index contributed by atoms with van der Waals surface area (Å²) in [5, 5.41) is 3.42. The zero-order chi connectivity index (χ0) is 13.1. The van der Waals surface area contributed by atoms with Crippen LogP contribution in [0, 0.1) is 0 Å². The van der Waals surface area contributed by atoms with Gasteiger partial charge in [-0.2, -0.15) is 0 Å². The topological polar surface area (TPSA) is 76.0 Å². The molecule has 1 aromatic heterocycles. The van der Waals surface area contributed by atoms with Crippen LogP contribution in [0.15, 0.2) is 18.2 Å². The molecule has 2 aromatic rings. The molecule has 1 atom stereocenters. The Morgan fingerprint density at radius 3 is 3.16 bits per heavy atom. The third-order valence-electron chi connectivity index (χ3n) is 3.54. The molecule has 2 heterocycles. The number of nitrogens with zero attached hydrogens (tertiary/aromatic N) is 1. The molecular formula is C14H20N4O. The van der Waals surface area contributed by atoms with E-state index in [4.69, 9.17) is 10.5 Å².